The number of nitrogens with zero attached hydrogens (tertiary/aromatic N) is 2. The Balaban J connectivity index is 1.55. The van der Waals surface area contributed by atoms with Gasteiger partial charge in [0.15, 0.2) is 5.82 Å². The van der Waals surface area contributed by atoms with E-state index in [0.717, 1.165) is 42.5 Å². The fourth-order valence-electron chi connectivity index (χ4n) is 2.33. The number of rotatable bonds is 6. The largest absolute Gasteiger partial charge is 0.386 e. The molecule has 0 radical (unpaired) electrons. The first-order valence-electron chi connectivity index (χ1n) is 7.59. The van der Waals surface area contributed by atoms with Gasteiger partial charge in [0.05, 0.1) is 6.10 Å². The van der Waals surface area contributed by atoms with E-state index >= 15 is 0 Å². The maximum Gasteiger partial charge on any atom is 0.207 e. The number of nitrogens with one attached hydrogen (secondary N) is 2. The average Bonchev–Trinajstić information content (AvgIpc) is 3.20. The lowest BCUT2D eigenvalue weighted by atomic mass is 10.2. The molecule has 1 atom stereocenters. The molecule has 1 saturated heterocycles. The molecule has 2 N–H and O–H groups in total. The van der Waals surface area contributed by atoms with Crippen molar-refractivity contribution < 1.29 is 4.74 Å². The van der Waals surface area contributed by atoms with Gasteiger partial charge in [-0.2, -0.15) is 9.36 Å². The van der Waals surface area contributed by atoms with E-state index in [0.29, 0.717) is 17.0 Å². The van der Waals surface area contributed by atoms with E-state index < -0.39 is 0 Å². The van der Waals surface area contributed by atoms with Gasteiger partial charge in [-0.15, -0.1) is 0 Å². The molecule has 0 bridgehead atoms. The maximum atomic E-state index is 5.88. The van der Waals surface area contributed by atoms with Crippen molar-refractivity contribution in [3.63, 3.8) is 0 Å². The van der Waals surface area contributed by atoms with Crippen LogP contribution in [0.2, 0.25) is 5.02 Å². The molecular weight excluding hydrogens is 332 g/mol. The Labute approximate surface area is 144 Å². The SMILES string of the molecule is C/C(=C\c1nsc(Nc2ccc(Cl)cc2)n1)NC[C@H]1CCCO1. The highest BCUT2D eigenvalue weighted by Gasteiger charge is 2.14. The van der Waals surface area contributed by atoms with Crippen LogP contribution in [0.5, 0.6) is 0 Å². The third-order valence-electron chi connectivity index (χ3n) is 3.52. The monoisotopic (exact) mass is 350 g/mol. The van der Waals surface area contributed by atoms with Crippen LogP contribution in [-0.4, -0.2) is 28.6 Å². The third-order valence-corrected chi connectivity index (χ3v) is 4.41. The highest BCUT2D eigenvalue weighted by atomic mass is 35.5. The van der Waals surface area contributed by atoms with E-state index in [9.17, 15) is 0 Å². The average molecular weight is 351 g/mol. The van der Waals surface area contributed by atoms with Crippen LogP contribution in [0.3, 0.4) is 0 Å². The molecule has 122 valence electrons. The summed E-state index contributed by atoms with van der Waals surface area (Å²) < 4.78 is 9.94. The number of anilines is 2. The van der Waals surface area contributed by atoms with Crippen LogP contribution in [0, 0.1) is 0 Å². The smallest absolute Gasteiger partial charge is 0.207 e. The van der Waals surface area contributed by atoms with E-state index in [-0.39, 0.29) is 0 Å². The van der Waals surface area contributed by atoms with E-state index in [1.165, 1.54) is 11.5 Å². The zero-order valence-electron chi connectivity index (χ0n) is 12.9. The van der Waals surface area contributed by atoms with Crippen LogP contribution in [0.15, 0.2) is 30.0 Å². The second-order valence-corrected chi connectivity index (χ2v) is 6.62. The summed E-state index contributed by atoms with van der Waals surface area (Å²) >= 11 is 7.21. The number of halogens is 1. The Morgan fingerprint density at radius 1 is 1.43 bits per heavy atom. The maximum absolute atomic E-state index is 5.88. The first kappa shape index (κ1) is 16.2. The van der Waals surface area contributed by atoms with Gasteiger partial charge >= 0.3 is 0 Å². The van der Waals surface area contributed by atoms with Gasteiger partial charge < -0.3 is 15.4 Å². The highest BCUT2D eigenvalue weighted by Crippen LogP contribution is 2.21. The second-order valence-electron chi connectivity index (χ2n) is 5.43. The highest BCUT2D eigenvalue weighted by molar-refractivity contribution is 7.09. The van der Waals surface area contributed by atoms with Gasteiger partial charge in [0.25, 0.3) is 0 Å². The minimum atomic E-state index is 0.323. The number of allylic oxidation sites excluding steroid dienone is 1. The van der Waals surface area contributed by atoms with Crippen molar-refractivity contribution in [2.45, 2.75) is 25.9 Å². The predicted octanol–water partition coefficient (Wildman–Crippen LogP) is 4.06. The molecule has 1 aliphatic rings. The molecule has 1 aromatic carbocycles. The van der Waals surface area contributed by atoms with Crippen LogP contribution < -0.4 is 10.6 Å². The topological polar surface area (TPSA) is 59.1 Å². The van der Waals surface area contributed by atoms with Crippen LogP contribution in [0.1, 0.15) is 25.6 Å². The first-order valence-corrected chi connectivity index (χ1v) is 8.74. The summed E-state index contributed by atoms with van der Waals surface area (Å²) in [4.78, 5) is 4.46. The van der Waals surface area contributed by atoms with Crippen molar-refractivity contribution in [1.82, 2.24) is 14.7 Å². The van der Waals surface area contributed by atoms with E-state index in [1.807, 2.05) is 37.3 Å². The molecule has 0 saturated carbocycles. The Kier molecular flexibility index (Phi) is 5.48. The van der Waals surface area contributed by atoms with Gasteiger partial charge in [0.1, 0.15) is 0 Å². The van der Waals surface area contributed by atoms with Crippen molar-refractivity contribution in [3.05, 3.63) is 40.8 Å². The molecule has 7 heteroatoms. The Morgan fingerprint density at radius 2 is 2.26 bits per heavy atom. The van der Waals surface area contributed by atoms with E-state index in [1.54, 1.807) is 0 Å². The lowest BCUT2D eigenvalue weighted by Crippen LogP contribution is -2.24. The number of hydrogen-bond donors (Lipinski definition) is 2. The molecule has 2 aromatic rings. The second kappa shape index (κ2) is 7.77. The molecule has 2 heterocycles. The van der Waals surface area contributed by atoms with Crippen molar-refractivity contribution in [1.29, 1.82) is 0 Å². The normalized spacial score (nSPS) is 18.2. The number of ether oxygens (including phenoxy) is 1. The standard InChI is InChI=1S/C16H19ClN4OS/c1-11(18-10-14-3-2-8-22-14)9-15-20-16(23-21-15)19-13-6-4-12(17)5-7-13/h4-7,9,14,18H,2-3,8,10H2,1H3,(H,19,20,21)/b11-9+/t14-/m1/s1. The fourth-order valence-corrected chi connectivity index (χ4v) is 3.02. The Bertz CT molecular complexity index is 665. The molecule has 1 aromatic heterocycles. The predicted molar refractivity (Wildman–Crippen MR) is 95.3 cm³/mol. The van der Waals surface area contributed by atoms with Crippen LogP contribution in [-0.2, 0) is 4.74 Å². The van der Waals surface area contributed by atoms with Gasteiger partial charge in [-0.05, 0) is 44.0 Å². The molecule has 0 unspecified atom stereocenters. The van der Waals surface area contributed by atoms with Crippen molar-refractivity contribution in [2.75, 3.05) is 18.5 Å². The van der Waals surface area contributed by atoms with Crippen LogP contribution >= 0.6 is 23.1 Å². The van der Waals surface area contributed by atoms with Gasteiger partial charge in [-0.25, -0.2) is 0 Å². The minimum Gasteiger partial charge on any atom is -0.386 e. The van der Waals surface area contributed by atoms with Gasteiger partial charge in [-0.1, -0.05) is 11.6 Å². The molecule has 1 fully saturated rings. The molecule has 0 amide bonds. The third kappa shape index (κ3) is 4.92. The summed E-state index contributed by atoms with van der Waals surface area (Å²) in [6.45, 7) is 3.73. The minimum absolute atomic E-state index is 0.323. The molecule has 5 nitrogen and oxygen atoms in total. The zero-order chi connectivity index (χ0) is 16.1. The summed E-state index contributed by atoms with van der Waals surface area (Å²) in [5.41, 5.74) is 1.98. The number of hydrogen-bond acceptors (Lipinski definition) is 6. The van der Waals surface area contributed by atoms with Crippen molar-refractivity contribution in [3.8, 4) is 0 Å². The lowest BCUT2D eigenvalue weighted by Gasteiger charge is -2.11. The zero-order valence-corrected chi connectivity index (χ0v) is 14.5. The number of benzene rings is 1. The molecule has 23 heavy (non-hydrogen) atoms. The Hall–Kier alpha value is -1.63. The molecule has 0 aliphatic carbocycles. The van der Waals surface area contributed by atoms with Crippen LogP contribution in [0.25, 0.3) is 6.08 Å². The van der Waals surface area contributed by atoms with Gasteiger partial charge in [0, 0.05) is 47.2 Å². The summed E-state index contributed by atoms with van der Waals surface area (Å²) in [5.74, 6) is 0.698. The summed E-state index contributed by atoms with van der Waals surface area (Å²) in [7, 11) is 0. The number of aromatic nitrogens is 2. The molecule has 3 rings (SSSR count). The van der Waals surface area contributed by atoms with Gasteiger partial charge in [0.2, 0.25) is 5.13 Å². The summed E-state index contributed by atoms with van der Waals surface area (Å²) in [6, 6.07) is 7.50. The summed E-state index contributed by atoms with van der Waals surface area (Å²) in [6.07, 6.45) is 4.55. The molecule has 0 spiro atoms. The van der Waals surface area contributed by atoms with E-state index in [4.69, 9.17) is 16.3 Å². The fraction of sp³-hybridized carbons (Fsp3) is 0.375. The van der Waals surface area contributed by atoms with E-state index in [2.05, 4.69) is 20.0 Å². The van der Waals surface area contributed by atoms with Crippen molar-refractivity contribution >= 4 is 40.0 Å². The quantitative estimate of drug-likeness (QED) is 0.822. The molecular formula is C16H19ClN4OS. The van der Waals surface area contributed by atoms with Crippen LogP contribution in [0.4, 0.5) is 10.8 Å². The molecule has 1 aliphatic heterocycles. The Morgan fingerprint density at radius 3 is 3.00 bits per heavy atom. The van der Waals surface area contributed by atoms with Gasteiger partial charge in [-0.3, -0.25) is 0 Å². The summed E-state index contributed by atoms with van der Waals surface area (Å²) in [5, 5.41) is 8.05. The first-order chi connectivity index (χ1) is 11.2. The van der Waals surface area contributed by atoms with Crippen molar-refractivity contribution in [2.24, 2.45) is 0 Å². The lowest BCUT2D eigenvalue weighted by molar-refractivity contribution is 0.112.